The Morgan fingerprint density at radius 3 is 2.92 bits per heavy atom. The summed E-state index contributed by atoms with van der Waals surface area (Å²) in [7, 11) is 1.91. The number of benzene rings is 1. The van der Waals surface area contributed by atoms with Gasteiger partial charge in [0.2, 0.25) is 0 Å². The number of hydrogen-bond donors (Lipinski definition) is 2. The SMILES string of the molecule is Cn1cnc([C@@H]2CN(C(=O)NCCc3ccccc3F)C[C@H]2N)c1. The van der Waals surface area contributed by atoms with Crippen LogP contribution in [0.1, 0.15) is 17.2 Å². The number of carbonyl (C=O) groups excluding carboxylic acids is 1. The molecule has 1 aliphatic rings. The van der Waals surface area contributed by atoms with Gasteiger partial charge in [-0.2, -0.15) is 0 Å². The Morgan fingerprint density at radius 1 is 1.42 bits per heavy atom. The zero-order valence-electron chi connectivity index (χ0n) is 13.7. The average molecular weight is 331 g/mol. The number of hydrogen-bond acceptors (Lipinski definition) is 3. The van der Waals surface area contributed by atoms with Crippen LogP contribution in [0.2, 0.25) is 0 Å². The number of nitrogens with zero attached hydrogens (tertiary/aromatic N) is 3. The molecule has 2 aromatic rings. The number of carbonyl (C=O) groups is 1. The Balaban J connectivity index is 1.52. The third-order valence-electron chi connectivity index (χ3n) is 4.39. The van der Waals surface area contributed by atoms with E-state index in [9.17, 15) is 9.18 Å². The van der Waals surface area contributed by atoms with Gasteiger partial charge in [-0.05, 0) is 18.1 Å². The number of halogens is 1. The summed E-state index contributed by atoms with van der Waals surface area (Å²) in [4.78, 5) is 18.3. The molecule has 3 N–H and O–H groups in total. The van der Waals surface area contributed by atoms with Crippen molar-refractivity contribution in [3.8, 4) is 0 Å². The van der Waals surface area contributed by atoms with Crippen molar-refractivity contribution in [2.45, 2.75) is 18.4 Å². The first kappa shape index (κ1) is 16.4. The highest BCUT2D eigenvalue weighted by Gasteiger charge is 2.35. The number of nitrogens with one attached hydrogen (secondary N) is 1. The van der Waals surface area contributed by atoms with E-state index < -0.39 is 0 Å². The maximum Gasteiger partial charge on any atom is 0.317 e. The third kappa shape index (κ3) is 3.56. The molecule has 0 radical (unpaired) electrons. The molecule has 2 atom stereocenters. The maximum atomic E-state index is 13.6. The summed E-state index contributed by atoms with van der Waals surface area (Å²) in [6.07, 6.45) is 4.13. The average Bonchev–Trinajstić information content (AvgIpc) is 3.15. The van der Waals surface area contributed by atoms with Crippen LogP contribution < -0.4 is 11.1 Å². The van der Waals surface area contributed by atoms with Crippen molar-refractivity contribution in [2.75, 3.05) is 19.6 Å². The van der Waals surface area contributed by atoms with Crippen molar-refractivity contribution in [1.29, 1.82) is 0 Å². The summed E-state index contributed by atoms with van der Waals surface area (Å²) in [5, 5.41) is 2.84. The second-order valence-corrected chi connectivity index (χ2v) is 6.21. The monoisotopic (exact) mass is 331 g/mol. The fourth-order valence-electron chi connectivity index (χ4n) is 3.05. The van der Waals surface area contributed by atoms with Gasteiger partial charge in [0.05, 0.1) is 12.0 Å². The molecule has 1 aromatic carbocycles. The summed E-state index contributed by atoms with van der Waals surface area (Å²) in [5.74, 6) is -0.200. The van der Waals surface area contributed by atoms with Gasteiger partial charge in [-0.25, -0.2) is 14.2 Å². The van der Waals surface area contributed by atoms with Gasteiger partial charge < -0.3 is 20.5 Å². The lowest BCUT2D eigenvalue weighted by Gasteiger charge is -2.17. The predicted octanol–water partition coefficient (Wildman–Crippen LogP) is 1.24. The number of aromatic nitrogens is 2. The van der Waals surface area contributed by atoms with Crippen LogP contribution in [0.4, 0.5) is 9.18 Å². The van der Waals surface area contributed by atoms with Crippen LogP contribution in [0.3, 0.4) is 0 Å². The Kier molecular flexibility index (Phi) is 4.80. The van der Waals surface area contributed by atoms with E-state index in [1.807, 2.05) is 17.8 Å². The van der Waals surface area contributed by atoms with E-state index in [0.717, 1.165) is 5.69 Å². The molecule has 2 heterocycles. The number of nitrogens with two attached hydrogens (primary N) is 1. The molecule has 0 unspecified atom stereocenters. The van der Waals surface area contributed by atoms with Gasteiger partial charge in [0.1, 0.15) is 5.82 Å². The lowest BCUT2D eigenvalue weighted by molar-refractivity contribution is 0.208. The molecule has 2 amide bonds. The van der Waals surface area contributed by atoms with Crippen molar-refractivity contribution in [2.24, 2.45) is 12.8 Å². The molecular weight excluding hydrogens is 309 g/mol. The van der Waals surface area contributed by atoms with Crippen LogP contribution in [0, 0.1) is 5.82 Å². The zero-order valence-corrected chi connectivity index (χ0v) is 13.7. The van der Waals surface area contributed by atoms with Gasteiger partial charge in [-0.3, -0.25) is 0 Å². The molecule has 0 saturated carbocycles. The summed E-state index contributed by atoms with van der Waals surface area (Å²) in [6.45, 7) is 1.43. The number of rotatable bonds is 4. The molecule has 6 nitrogen and oxygen atoms in total. The van der Waals surface area contributed by atoms with Crippen LogP contribution in [0.15, 0.2) is 36.8 Å². The minimum Gasteiger partial charge on any atom is -0.340 e. The standard InChI is InChI=1S/C17H22FN5O/c1-22-10-16(21-11-22)13-8-23(9-15(13)19)17(24)20-7-6-12-4-2-3-5-14(12)18/h2-5,10-11,13,15H,6-9,19H2,1H3,(H,20,24)/t13-,15-/m1/s1. The first-order chi connectivity index (χ1) is 11.5. The molecular formula is C17H22FN5O. The highest BCUT2D eigenvalue weighted by atomic mass is 19.1. The Bertz CT molecular complexity index is 717. The van der Waals surface area contributed by atoms with E-state index >= 15 is 0 Å². The second kappa shape index (κ2) is 7.00. The van der Waals surface area contributed by atoms with Crippen molar-refractivity contribution < 1.29 is 9.18 Å². The van der Waals surface area contributed by atoms with Crippen LogP contribution in [-0.4, -0.2) is 46.2 Å². The van der Waals surface area contributed by atoms with Gasteiger partial charge in [0.25, 0.3) is 0 Å². The Hall–Kier alpha value is -2.41. The first-order valence-electron chi connectivity index (χ1n) is 8.04. The van der Waals surface area contributed by atoms with Gasteiger partial charge in [0.15, 0.2) is 0 Å². The van der Waals surface area contributed by atoms with Gasteiger partial charge in [0, 0.05) is 44.8 Å². The molecule has 3 rings (SSSR count). The van der Waals surface area contributed by atoms with E-state index in [1.165, 1.54) is 6.07 Å². The Morgan fingerprint density at radius 2 is 2.21 bits per heavy atom. The van der Waals surface area contributed by atoms with Crippen molar-refractivity contribution in [3.05, 3.63) is 53.9 Å². The summed E-state index contributed by atoms with van der Waals surface area (Å²) >= 11 is 0. The molecule has 1 aromatic heterocycles. The molecule has 128 valence electrons. The zero-order chi connectivity index (χ0) is 17.1. The fraction of sp³-hybridized carbons (Fsp3) is 0.412. The van der Waals surface area contributed by atoms with E-state index in [-0.39, 0.29) is 23.8 Å². The maximum absolute atomic E-state index is 13.6. The topological polar surface area (TPSA) is 76.2 Å². The highest BCUT2D eigenvalue weighted by molar-refractivity contribution is 5.74. The van der Waals surface area contributed by atoms with E-state index in [0.29, 0.717) is 31.6 Å². The number of likely N-dealkylation sites (tertiary alicyclic amines) is 1. The lowest BCUT2D eigenvalue weighted by Crippen LogP contribution is -2.40. The van der Waals surface area contributed by atoms with Crippen LogP contribution in [0.25, 0.3) is 0 Å². The minimum atomic E-state index is -0.245. The van der Waals surface area contributed by atoms with Crippen LogP contribution in [0.5, 0.6) is 0 Å². The minimum absolute atomic E-state index is 0.0449. The normalized spacial score (nSPS) is 20.4. The summed E-state index contributed by atoms with van der Waals surface area (Å²) in [6, 6.07) is 6.30. The molecule has 24 heavy (non-hydrogen) atoms. The first-order valence-corrected chi connectivity index (χ1v) is 8.04. The molecule has 0 spiro atoms. The number of aryl methyl sites for hydroxylation is 1. The molecule has 1 aliphatic heterocycles. The van der Waals surface area contributed by atoms with Crippen LogP contribution in [-0.2, 0) is 13.5 Å². The second-order valence-electron chi connectivity index (χ2n) is 6.21. The number of urea groups is 1. The van der Waals surface area contributed by atoms with E-state index in [1.54, 1.807) is 29.4 Å². The number of amides is 2. The van der Waals surface area contributed by atoms with Crippen molar-refractivity contribution >= 4 is 6.03 Å². The predicted molar refractivity (Wildman–Crippen MR) is 89.0 cm³/mol. The van der Waals surface area contributed by atoms with Crippen LogP contribution >= 0.6 is 0 Å². The van der Waals surface area contributed by atoms with Crippen molar-refractivity contribution in [3.63, 3.8) is 0 Å². The van der Waals surface area contributed by atoms with Gasteiger partial charge in [-0.1, -0.05) is 18.2 Å². The van der Waals surface area contributed by atoms with E-state index in [4.69, 9.17) is 5.73 Å². The molecule has 0 aliphatic carbocycles. The van der Waals surface area contributed by atoms with Gasteiger partial charge in [-0.15, -0.1) is 0 Å². The largest absolute Gasteiger partial charge is 0.340 e. The molecule has 1 saturated heterocycles. The highest BCUT2D eigenvalue weighted by Crippen LogP contribution is 2.25. The lowest BCUT2D eigenvalue weighted by atomic mass is 10.0. The van der Waals surface area contributed by atoms with E-state index in [2.05, 4.69) is 10.3 Å². The molecule has 1 fully saturated rings. The quantitative estimate of drug-likeness (QED) is 0.885. The number of imidazole rings is 1. The molecule has 0 bridgehead atoms. The summed E-state index contributed by atoms with van der Waals surface area (Å²) in [5.41, 5.74) is 7.68. The molecule has 7 heteroatoms. The smallest absolute Gasteiger partial charge is 0.317 e. The fourth-order valence-corrected chi connectivity index (χ4v) is 3.05. The third-order valence-corrected chi connectivity index (χ3v) is 4.39. The van der Waals surface area contributed by atoms with Crippen molar-refractivity contribution in [1.82, 2.24) is 19.8 Å². The van der Waals surface area contributed by atoms with Gasteiger partial charge >= 0.3 is 6.03 Å². The Labute approximate surface area is 140 Å². The summed E-state index contributed by atoms with van der Waals surface area (Å²) < 4.78 is 15.4.